The topological polar surface area (TPSA) is 85.0 Å². The normalized spacial score (nSPS) is 21.4. The highest BCUT2D eigenvalue weighted by Crippen LogP contribution is 2.35. The molecule has 2 N–H and O–H groups in total. The van der Waals surface area contributed by atoms with E-state index in [1.807, 2.05) is 18.2 Å². The third kappa shape index (κ3) is 4.14. The van der Waals surface area contributed by atoms with Gasteiger partial charge in [0.2, 0.25) is 5.91 Å². The van der Waals surface area contributed by atoms with E-state index in [9.17, 15) is 14.4 Å². The summed E-state index contributed by atoms with van der Waals surface area (Å²) >= 11 is 0. The zero-order valence-electron chi connectivity index (χ0n) is 17.7. The second kappa shape index (κ2) is 8.63. The van der Waals surface area contributed by atoms with Gasteiger partial charge in [0.1, 0.15) is 5.54 Å². The number of nitrogens with one attached hydrogen (secondary N) is 2. The smallest absolute Gasteiger partial charge is 0.325 e. The summed E-state index contributed by atoms with van der Waals surface area (Å²) in [6, 6.07) is 7.77. The Morgan fingerprint density at radius 1 is 1.10 bits per heavy atom. The number of likely N-dealkylation sites (N-methyl/N-ethyl adjacent to an activating group) is 1. The van der Waals surface area contributed by atoms with Gasteiger partial charge in [-0.1, -0.05) is 31.0 Å². The Morgan fingerprint density at radius 2 is 1.80 bits per heavy atom. The van der Waals surface area contributed by atoms with Crippen LogP contribution < -0.4 is 15.5 Å². The first kappa shape index (κ1) is 20.7. The Hall–Kier alpha value is -2.61. The van der Waals surface area contributed by atoms with Crippen LogP contribution in [0, 0.1) is 0 Å². The van der Waals surface area contributed by atoms with Gasteiger partial charge >= 0.3 is 6.03 Å². The molecule has 2 saturated heterocycles. The van der Waals surface area contributed by atoms with E-state index >= 15 is 0 Å². The second-order valence-corrected chi connectivity index (χ2v) is 8.62. The van der Waals surface area contributed by atoms with Crippen LogP contribution in [-0.2, 0) is 16.1 Å². The van der Waals surface area contributed by atoms with Crippen LogP contribution in [0.2, 0.25) is 0 Å². The maximum Gasteiger partial charge on any atom is 0.325 e. The molecule has 4 amide bonds. The Balaban J connectivity index is 1.30. The third-order valence-electron chi connectivity index (χ3n) is 6.58. The molecule has 0 radical (unpaired) electrons. The van der Waals surface area contributed by atoms with Crippen LogP contribution in [0.15, 0.2) is 24.3 Å². The number of carbonyl (C=O) groups is 3. The van der Waals surface area contributed by atoms with E-state index in [1.54, 1.807) is 0 Å². The van der Waals surface area contributed by atoms with Gasteiger partial charge in [-0.25, -0.2) is 4.79 Å². The van der Waals surface area contributed by atoms with Crippen LogP contribution in [0.1, 0.15) is 37.7 Å². The minimum Gasteiger partial charge on any atom is -0.369 e. The molecule has 1 saturated carbocycles. The van der Waals surface area contributed by atoms with Gasteiger partial charge in [-0.15, -0.1) is 0 Å². The van der Waals surface area contributed by atoms with Crippen LogP contribution in [0.4, 0.5) is 10.5 Å². The molecule has 1 spiro atoms. The molecule has 2 aliphatic heterocycles. The molecular formula is C22H31N5O3. The van der Waals surface area contributed by atoms with Gasteiger partial charge in [0.25, 0.3) is 5.91 Å². The van der Waals surface area contributed by atoms with Crippen LogP contribution in [0.5, 0.6) is 0 Å². The van der Waals surface area contributed by atoms with Crippen molar-refractivity contribution in [2.45, 2.75) is 44.2 Å². The number of para-hydroxylation sites is 1. The van der Waals surface area contributed by atoms with Gasteiger partial charge in [-0.2, -0.15) is 0 Å². The number of hydrogen-bond donors (Lipinski definition) is 2. The van der Waals surface area contributed by atoms with Gasteiger partial charge in [0, 0.05) is 51.4 Å². The minimum atomic E-state index is -0.713. The van der Waals surface area contributed by atoms with Crippen molar-refractivity contribution in [1.29, 1.82) is 0 Å². The minimum absolute atomic E-state index is 0.117. The lowest BCUT2D eigenvalue weighted by molar-refractivity contribution is -0.131. The summed E-state index contributed by atoms with van der Waals surface area (Å²) in [5, 5.41) is 5.81. The lowest BCUT2D eigenvalue weighted by Crippen LogP contribution is -2.45. The SMILES string of the molecule is CN1CCN(c2ccccc2CNC(=O)CCN2C(=O)NC3(CCCC3)C2=O)CC1. The summed E-state index contributed by atoms with van der Waals surface area (Å²) in [5.74, 6) is -0.325. The molecular weight excluding hydrogens is 382 g/mol. The van der Waals surface area contributed by atoms with Crippen LogP contribution in [0.3, 0.4) is 0 Å². The van der Waals surface area contributed by atoms with Crippen molar-refractivity contribution in [2.75, 3.05) is 44.7 Å². The summed E-state index contributed by atoms with van der Waals surface area (Å²) in [6.07, 6.45) is 3.42. The molecule has 0 bridgehead atoms. The molecule has 0 unspecified atom stereocenters. The molecule has 1 aliphatic carbocycles. The number of nitrogens with zero attached hydrogens (tertiary/aromatic N) is 3. The summed E-state index contributed by atoms with van der Waals surface area (Å²) < 4.78 is 0. The monoisotopic (exact) mass is 413 g/mol. The Labute approximate surface area is 177 Å². The van der Waals surface area contributed by atoms with E-state index in [-0.39, 0.29) is 30.8 Å². The molecule has 3 fully saturated rings. The number of amides is 4. The summed E-state index contributed by atoms with van der Waals surface area (Å²) in [7, 11) is 2.13. The molecule has 162 valence electrons. The standard InChI is InChI=1S/C22H31N5O3/c1-25-12-14-26(15-13-25)18-7-3-2-6-17(18)16-23-19(28)8-11-27-20(29)22(24-21(27)30)9-4-5-10-22/h2-3,6-7H,4-5,8-16H2,1H3,(H,23,28)(H,24,30). The van der Waals surface area contributed by atoms with E-state index in [1.165, 1.54) is 4.90 Å². The van der Waals surface area contributed by atoms with Gasteiger partial charge in [0.15, 0.2) is 0 Å². The van der Waals surface area contributed by atoms with E-state index in [0.717, 1.165) is 50.3 Å². The lowest BCUT2D eigenvalue weighted by Gasteiger charge is -2.35. The fourth-order valence-corrected chi connectivity index (χ4v) is 4.71. The molecule has 30 heavy (non-hydrogen) atoms. The van der Waals surface area contributed by atoms with Crippen molar-refractivity contribution >= 4 is 23.5 Å². The van der Waals surface area contributed by atoms with Crippen molar-refractivity contribution in [3.63, 3.8) is 0 Å². The molecule has 1 aromatic rings. The molecule has 0 aromatic heterocycles. The fraction of sp³-hybridized carbons (Fsp3) is 0.591. The first-order valence-electron chi connectivity index (χ1n) is 10.9. The van der Waals surface area contributed by atoms with Gasteiger partial charge in [-0.3, -0.25) is 14.5 Å². The van der Waals surface area contributed by atoms with Crippen molar-refractivity contribution in [3.05, 3.63) is 29.8 Å². The number of rotatable bonds is 6. The first-order valence-corrected chi connectivity index (χ1v) is 10.9. The highest BCUT2D eigenvalue weighted by molar-refractivity contribution is 6.07. The van der Waals surface area contributed by atoms with Crippen molar-refractivity contribution in [3.8, 4) is 0 Å². The van der Waals surface area contributed by atoms with Crippen molar-refractivity contribution in [2.24, 2.45) is 0 Å². The quantitative estimate of drug-likeness (QED) is 0.687. The van der Waals surface area contributed by atoms with E-state index in [4.69, 9.17) is 0 Å². The average molecular weight is 414 g/mol. The molecule has 8 heteroatoms. The number of benzene rings is 1. The van der Waals surface area contributed by atoms with Crippen molar-refractivity contribution < 1.29 is 14.4 Å². The first-order chi connectivity index (χ1) is 14.5. The molecule has 8 nitrogen and oxygen atoms in total. The Kier molecular flexibility index (Phi) is 5.94. The summed E-state index contributed by atoms with van der Waals surface area (Å²) in [6.45, 7) is 4.54. The number of imide groups is 1. The number of hydrogen-bond acceptors (Lipinski definition) is 5. The number of piperazine rings is 1. The molecule has 0 atom stereocenters. The molecule has 2 heterocycles. The van der Waals surface area contributed by atoms with E-state index in [2.05, 4.69) is 33.5 Å². The second-order valence-electron chi connectivity index (χ2n) is 8.62. The fourth-order valence-electron chi connectivity index (χ4n) is 4.71. The largest absolute Gasteiger partial charge is 0.369 e. The highest BCUT2D eigenvalue weighted by Gasteiger charge is 2.52. The van der Waals surface area contributed by atoms with Gasteiger partial charge in [-0.05, 0) is 31.5 Å². The third-order valence-corrected chi connectivity index (χ3v) is 6.58. The number of carbonyl (C=O) groups excluding carboxylic acids is 3. The Bertz CT molecular complexity index is 813. The Morgan fingerprint density at radius 3 is 2.53 bits per heavy atom. The highest BCUT2D eigenvalue weighted by atomic mass is 16.2. The predicted octanol–water partition coefficient (Wildman–Crippen LogP) is 1.31. The van der Waals surface area contributed by atoms with Gasteiger partial charge < -0.3 is 20.4 Å². The van der Waals surface area contributed by atoms with E-state index < -0.39 is 5.54 Å². The zero-order valence-corrected chi connectivity index (χ0v) is 17.7. The molecule has 3 aliphatic rings. The van der Waals surface area contributed by atoms with Crippen molar-refractivity contribution in [1.82, 2.24) is 20.4 Å². The lowest BCUT2D eigenvalue weighted by atomic mass is 9.98. The molecule has 1 aromatic carbocycles. The maximum absolute atomic E-state index is 12.7. The predicted molar refractivity (Wildman–Crippen MR) is 114 cm³/mol. The number of urea groups is 1. The van der Waals surface area contributed by atoms with Gasteiger partial charge in [0.05, 0.1) is 0 Å². The summed E-state index contributed by atoms with van der Waals surface area (Å²) in [4.78, 5) is 43.2. The van der Waals surface area contributed by atoms with Crippen LogP contribution in [-0.4, -0.2) is 73.0 Å². The number of anilines is 1. The maximum atomic E-state index is 12.7. The molecule has 4 rings (SSSR count). The van der Waals surface area contributed by atoms with Crippen LogP contribution in [0.25, 0.3) is 0 Å². The van der Waals surface area contributed by atoms with Crippen LogP contribution >= 0.6 is 0 Å². The summed E-state index contributed by atoms with van der Waals surface area (Å²) in [5.41, 5.74) is 1.52. The average Bonchev–Trinajstić information content (AvgIpc) is 3.31. The van der Waals surface area contributed by atoms with E-state index in [0.29, 0.717) is 19.4 Å². The zero-order chi connectivity index (χ0) is 21.1.